The maximum atomic E-state index is 10.4. The Kier molecular flexibility index (Phi) is 4.88. The maximum absolute atomic E-state index is 10.4. The van der Waals surface area contributed by atoms with Gasteiger partial charge in [0.25, 0.3) is 0 Å². The molecule has 96 valence electrons. The van der Waals surface area contributed by atoms with Crippen molar-refractivity contribution in [2.75, 3.05) is 7.11 Å². The summed E-state index contributed by atoms with van der Waals surface area (Å²) in [6, 6.07) is 7.44. The molecule has 0 amide bonds. The predicted octanol–water partition coefficient (Wildman–Crippen LogP) is 5.13. The van der Waals surface area contributed by atoms with E-state index in [9.17, 15) is 5.11 Å². The Labute approximate surface area is 134 Å². The Hall–Kier alpha value is 0.120. The molecule has 1 aromatic carbocycles. The predicted molar refractivity (Wildman–Crippen MR) is 84.5 cm³/mol. The van der Waals surface area contributed by atoms with Crippen LogP contribution in [0.1, 0.15) is 17.2 Å². The minimum absolute atomic E-state index is 0.679. The molecular weight excluding hydrogens is 448 g/mol. The first kappa shape index (κ1) is 14.5. The van der Waals surface area contributed by atoms with Gasteiger partial charge in [-0.3, -0.25) is 0 Å². The standard InChI is InChI=1S/C12H9Br3O2S/c1-17-6-2-3-7(9(13)4-6)11(16)8-5-10(14)18-12(8)15/h2-5,11,16H,1H3. The topological polar surface area (TPSA) is 29.5 Å². The third-order valence-corrected chi connectivity index (χ3v) is 5.55. The number of thiophene rings is 1. The van der Waals surface area contributed by atoms with Gasteiger partial charge >= 0.3 is 0 Å². The smallest absolute Gasteiger partial charge is 0.120 e. The fourth-order valence-corrected chi connectivity index (χ4v) is 5.02. The average Bonchev–Trinajstić information content (AvgIpc) is 2.67. The van der Waals surface area contributed by atoms with Crippen molar-refractivity contribution in [1.29, 1.82) is 0 Å². The number of hydrogen-bond donors (Lipinski definition) is 1. The molecule has 1 N–H and O–H groups in total. The van der Waals surface area contributed by atoms with Gasteiger partial charge in [0.2, 0.25) is 0 Å². The van der Waals surface area contributed by atoms with E-state index in [2.05, 4.69) is 47.8 Å². The Morgan fingerprint density at radius 3 is 2.39 bits per heavy atom. The monoisotopic (exact) mass is 454 g/mol. The van der Waals surface area contributed by atoms with Crippen LogP contribution >= 0.6 is 59.1 Å². The van der Waals surface area contributed by atoms with Crippen LogP contribution in [0.3, 0.4) is 0 Å². The van der Waals surface area contributed by atoms with Gasteiger partial charge in [-0.1, -0.05) is 22.0 Å². The van der Waals surface area contributed by atoms with E-state index in [1.165, 1.54) is 11.3 Å². The minimum atomic E-state index is -0.679. The van der Waals surface area contributed by atoms with Gasteiger partial charge in [0, 0.05) is 10.0 Å². The summed E-state index contributed by atoms with van der Waals surface area (Å²) in [6.07, 6.45) is -0.679. The van der Waals surface area contributed by atoms with E-state index in [1.54, 1.807) is 7.11 Å². The zero-order chi connectivity index (χ0) is 13.3. The first-order valence-corrected chi connectivity index (χ1v) is 8.18. The molecule has 0 saturated heterocycles. The van der Waals surface area contributed by atoms with Crippen molar-refractivity contribution >= 4 is 59.1 Å². The lowest BCUT2D eigenvalue weighted by Gasteiger charge is -2.13. The van der Waals surface area contributed by atoms with Crippen LogP contribution in [0.4, 0.5) is 0 Å². The molecule has 1 atom stereocenters. The molecule has 0 fully saturated rings. The third kappa shape index (κ3) is 2.99. The molecule has 0 radical (unpaired) electrons. The number of aliphatic hydroxyl groups is 1. The second-order valence-electron chi connectivity index (χ2n) is 3.57. The number of methoxy groups -OCH3 is 1. The summed E-state index contributed by atoms with van der Waals surface area (Å²) in [5, 5.41) is 10.4. The molecular formula is C12H9Br3O2S. The van der Waals surface area contributed by atoms with E-state index in [0.717, 1.165) is 28.9 Å². The molecule has 1 aromatic heterocycles. The fourth-order valence-electron chi connectivity index (χ4n) is 1.56. The molecule has 0 spiro atoms. The molecule has 0 aliphatic rings. The van der Waals surface area contributed by atoms with E-state index in [1.807, 2.05) is 24.3 Å². The molecule has 2 aromatic rings. The zero-order valence-electron chi connectivity index (χ0n) is 9.28. The summed E-state index contributed by atoms with van der Waals surface area (Å²) in [5.74, 6) is 0.753. The number of halogens is 3. The van der Waals surface area contributed by atoms with Crippen LogP contribution in [0.25, 0.3) is 0 Å². The van der Waals surface area contributed by atoms with Gasteiger partial charge in [-0.15, -0.1) is 11.3 Å². The van der Waals surface area contributed by atoms with Crippen LogP contribution in [-0.4, -0.2) is 12.2 Å². The second kappa shape index (κ2) is 6.05. The van der Waals surface area contributed by atoms with Gasteiger partial charge in [-0.05, 0) is 55.6 Å². The van der Waals surface area contributed by atoms with Crippen molar-refractivity contribution in [3.05, 3.63) is 47.4 Å². The second-order valence-corrected chi connectivity index (χ2v) is 8.17. The number of benzene rings is 1. The molecule has 1 unspecified atom stereocenters. The lowest BCUT2D eigenvalue weighted by Crippen LogP contribution is -2.00. The Morgan fingerprint density at radius 1 is 1.17 bits per heavy atom. The molecule has 0 bridgehead atoms. The van der Waals surface area contributed by atoms with Crippen LogP contribution in [0.15, 0.2) is 36.3 Å². The maximum Gasteiger partial charge on any atom is 0.120 e. The molecule has 6 heteroatoms. The molecule has 0 aliphatic heterocycles. The summed E-state index contributed by atoms with van der Waals surface area (Å²) >= 11 is 11.9. The van der Waals surface area contributed by atoms with Crippen LogP contribution in [0.2, 0.25) is 0 Å². The molecule has 1 heterocycles. The van der Waals surface area contributed by atoms with Crippen molar-refractivity contribution in [2.45, 2.75) is 6.10 Å². The summed E-state index contributed by atoms with van der Waals surface area (Å²) in [6.45, 7) is 0. The average molecular weight is 457 g/mol. The number of ether oxygens (including phenoxy) is 1. The summed E-state index contributed by atoms with van der Waals surface area (Å²) < 4.78 is 7.86. The van der Waals surface area contributed by atoms with Crippen LogP contribution in [0.5, 0.6) is 5.75 Å². The minimum Gasteiger partial charge on any atom is -0.497 e. The molecule has 2 nitrogen and oxygen atoms in total. The first-order valence-electron chi connectivity index (χ1n) is 4.99. The summed E-state index contributed by atoms with van der Waals surface area (Å²) in [5.41, 5.74) is 1.65. The van der Waals surface area contributed by atoms with Crippen molar-refractivity contribution < 1.29 is 9.84 Å². The van der Waals surface area contributed by atoms with Gasteiger partial charge < -0.3 is 9.84 Å². The van der Waals surface area contributed by atoms with Gasteiger partial charge in [0.15, 0.2) is 0 Å². The van der Waals surface area contributed by atoms with Crippen LogP contribution in [-0.2, 0) is 0 Å². The Bertz CT molecular complexity index is 568. The van der Waals surface area contributed by atoms with Crippen molar-refractivity contribution in [3.63, 3.8) is 0 Å². The SMILES string of the molecule is COc1ccc(C(O)c2cc(Br)sc2Br)c(Br)c1. The van der Waals surface area contributed by atoms with Crippen LogP contribution in [0, 0.1) is 0 Å². The van der Waals surface area contributed by atoms with E-state index in [0.29, 0.717) is 0 Å². The number of hydrogen-bond acceptors (Lipinski definition) is 3. The summed E-state index contributed by atoms with van der Waals surface area (Å²) in [7, 11) is 1.62. The lowest BCUT2D eigenvalue weighted by molar-refractivity contribution is 0.219. The first-order chi connectivity index (χ1) is 8.52. The third-order valence-electron chi connectivity index (χ3n) is 2.48. The molecule has 18 heavy (non-hydrogen) atoms. The van der Waals surface area contributed by atoms with Crippen molar-refractivity contribution in [2.24, 2.45) is 0 Å². The van der Waals surface area contributed by atoms with E-state index >= 15 is 0 Å². The van der Waals surface area contributed by atoms with E-state index < -0.39 is 6.10 Å². The van der Waals surface area contributed by atoms with E-state index in [4.69, 9.17) is 4.74 Å². The van der Waals surface area contributed by atoms with Gasteiger partial charge in [0.1, 0.15) is 11.9 Å². The molecule has 0 aliphatic carbocycles. The van der Waals surface area contributed by atoms with Crippen LogP contribution < -0.4 is 4.74 Å². The quantitative estimate of drug-likeness (QED) is 0.694. The van der Waals surface area contributed by atoms with Gasteiger partial charge in [-0.2, -0.15) is 0 Å². The Morgan fingerprint density at radius 2 is 1.89 bits per heavy atom. The highest BCUT2D eigenvalue weighted by Gasteiger charge is 2.19. The number of rotatable bonds is 3. The zero-order valence-corrected chi connectivity index (χ0v) is 14.9. The van der Waals surface area contributed by atoms with E-state index in [-0.39, 0.29) is 0 Å². The summed E-state index contributed by atoms with van der Waals surface area (Å²) in [4.78, 5) is 0. The number of aliphatic hydroxyl groups excluding tert-OH is 1. The van der Waals surface area contributed by atoms with Gasteiger partial charge in [-0.25, -0.2) is 0 Å². The van der Waals surface area contributed by atoms with Gasteiger partial charge in [0.05, 0.1) is 14.7 Å². The molecule has 2 rings (SSSR count). The largest absolute Gasteiger partial charge is 0.497 e. The highest BCUT2D eigenvalue weighted by atomic mass is 79.9. The Balaban J connectivity index is 2.39. The molecule has 0 saturated carbocycles. The lowest BCUT2D eigenvalue weighted by atomic mass is 10.0. The van der Waals surface area contributed by atoms with Crippen molar-refractivity contribution in [1.82, 2.24) is 0 Å². The van der Waals surface area contributed by atoms with Crippen molar-refractivity contribution in [3.8, 4) is 5.75 Å². The highest BCUT2D eigenvalue weighted by Crippen LogP contribution is 2.40. The normalized spacial score (nSPS) is 12.5. The highest BCUT2D eigenvalue weighted by molar-refractivity contribution is 9.12. The fraction of sp³-hybridized carbons (Fsp3) is 0.167.